The van der Waals surface area contributed by atoms with E-state index in [1.165, 1.54) is 7.11 Å². The molecule has 0 radical (unpaired) electrons. The third-order valence-electron chi connectivity index (χ3n) is 3.01. The molecule has 1 fully saturated rings. The van der Waals surface area contributed by atoms with Gasteiger partial charge in [0.1, 0.15) is 0 Å². The molecule has 1 heterocycles. The average molecular weight is 358 g/mol. The Hall–Kier alpha value is -0.510. The minimum absolute atomic E-state index is 0.0592. The molecular formula is C11H23N2O7PS. The van der Waals surface area contributed by atoms with Gasteiger partial charge < -0.3 is 13.8 Å². The Bertz CT molecular complexity index is 511. The lowest BCUT2D eigenvalue weighted by Crippen LogP contribution is -2.52. The van der Waals surface area contributed by atoms with Crippen LogP contribution >= 0.6 is 7.60 Å². The first kappa shape index (κ1) is 19.5. The van der Waals surface area contributed by atoms with Crippen molar-refractivity contribution in [3.63, 3.8) is 0 Å². The minimum atomic E-state index is -3.93. The Balaban J connectivity index is 2.92. The summed E-state index contributed by atoms with van der Waals surface area (Å²) in [6, 6.07) is 0. The number of nitrogens with zero attached hydrogens (tertiary/aromatic N) is 1. The summed E-state index contributed by atoms with van der Waals surface area (Å²) in [5, 5.41) is 0. The number of rotatable bonds is 10. The van der Waals surface area contributed by atoms with Crippen molar-refractivity contribution in [3.8, 4) is 0 Å². The van der Waals surface area contributed by atoms with Crippen LogP contribution in [0.3, 0.4) is 0 Å². The van der Waals surface area contributed by atoms with Gasteiger partial charge in [0.05, 0.1) is 19.8 Å². The topological polar surface area (TPSA) is 111 Å². The Kier molecular flexibility index (Phi) is 7.43. The Morgan fingerprint density at radius 3 is 2.18 bits per heavy atom. The molecule has 0 aromatic rings. The van der Waals surface area contributed by atoms with Crippen molar-refractivity contribution in [1.29, 1.82) is 0 Å². The average Bonchev–Trinajstić information content (AvgIpc) is 2.32. The van der Waals surface area contributed by atoms with Crippen LogP contribution in [0.15, 0.2) is 0 Å². The lowest BCUT2D eigenvalue weighted by atomic mass is 10.3. The highest BCUT2D eigenvalue weighted by Crippen LogP contribution is 2.53. The van der Waals surface area contributed by atoms with Crippen LogP contribution in [0.25, 0.3) is 0 Å². The van der Waals surface area contributed by atoms with Gasteiger partial charge in [-0.15, -0.1) is 0 Å². The Morgan fingerprint density at radius 1 is 1.27 bits per heavy atom. The summed E-state index contributed by atoms with van der Waals surface area (Å²) >= 11 is 0. The van der Waals surface area contributed by atoms with Crippen LogP contribution < -0.4 is 4.72 Å². The van der Waals surface area contributed by atoms with E-state index in [1.54, 1.807) is 13.8 Å². The first-order chi connectivity index (χ1) is 10.3. The van der Waals surface area contributed by atoms with Gasteiger partial charge in [0.2, 0.25) is 0 Å². The normalized spacial score (nSPS) is 17.8. The van der Waals surface area contributed by atoms with Crippen LogP contribution in [0.2, 0.25) is 0 Å². The molecule has 1 rings (SSSR count). The second-order valence-electron chi connectivity index (χ2n) is 4.57. The third-order valence-corrected chi connectivity index (χ3v) is 6.90. The van der Waals surface area contributed by atoms with E-state index < -0.39 is 29.4 Å². The molecule has 0 bridgehead atoms. The molecule has 1 aliphatic heterocycles. The molecule has 1 amide bonds. The molecule has 130 valence electrons. The highest BCUT2D eigenvalue weighted by Gasteiger charge is 2.43. The summed E-state index contributed by atoms with van der Waals surface area (Å²) in [5.41, 5.74) is -1.35. The predicted octanol–water partition coefficient (Wildman–Crippen LogP) is 0.334. The summed E-state index contributed by atoms with van der Waals surface area (Å²) in [4.78, 5) is 12.3. The molecule has 1 saturated heterocycles. The molecule has 0 saturated carbocycles. The number of methoxy groups -OCH3 is 1. The van der Waals surface area contributed by atoms with Crippen LogP contribution in [0.4, 0.5) is 0 Å². The standard InChI is InChI=1S/C11H23N2O7PS/c1-4-19-21(15,20-5-2)10(9-18-3)11(14)12-22(16,17)13-7-6-8-13/h10H,4-9H2,1-3H3,(H,12,14)/t10-/m1/s1. The zero-order chi connectivity index (χ0) is 16.8. The lowest BCUT2D eigenvalue weighted by molar-refractivity contribution is -0.120. The van der Waals surface area contributed by atoms with Gasteiger partial charge in [0.15, 0.2) is 5.66 Å². The molecule has 0 spiro atoms. The minimum Gasteiger partial charge on any atom is -0.383 e. The van der Waals surface area contributed by atoms with E-state index in [1.807, 2.05) is 4.72 Å². The molecule has 0 aromatic heterocycles. The fraction of sp³-hybridized carbons (Fsp3) is 0.909. The maximum absolute atomic E-state index is 12.7. The lowest BCUT2D eigenvalue weighted by Gasteiger charge is -2.31. The van der Waals surface area contributed by atoms with Crippen molar-refractivity contribution in [2.75, 3.05) is 40.0 Å². The zero-order valence-electron chi connectivity index (χ0n) is 13.0. The highest BCUT2D eigenvalue weighted by atomic mass is 32.2. The smallest absolute Gasteiger partial charge is 0.345 e. The maximum Gasteiger partial charge on any atom is 0.345 e. The van der Waals surface area contributed by atoms with Gasteiger partial charge in [0, 0.05) is 20.2 Å². The Labute approximate surface area is 131 Å². The number of hydrogen-bond acceptors (Lipinski definition) is 7. The van der Waals surface area contributed by atoms with Gasteiger partial charge in [-0.05, 0) is 20.3 Å². The number of hydrogen-bond donors (Lipinski definition) is 1. The molecular weight excluding hydrogens is 335 g/mol. The van der Waals surface area contributed by atoms with E-state index in [4.69, 9.17) is 13.8 Å². The summed E-state index contributed by atoms with van der Waals surface area (Å²) in [5.74, 6) is -0.959. The van der Waals surface area contributed by atoms with Gasteiger partial charge in [-0.25, -0.2) is 4.72 Å². The van der Waals surface area contributed by atoms with Gasteiger partial charge in [-0.2, -0.15) is 12.7 Å². The molecule has 0 aliphatic carbocycles. The predicted molar refractivity (Wildman–Crippen MR) is 79.8 cm³/mol. The molecule has 1 N–H and O–H groups in total. The van der Waals surface area contributed by atoms with E-state index in [-0.39, 0.29) is 19.8 Å². The van der Waals surface area contributed by atoms with E-state index in [9.17, 15) is 17.8 Å². The molecule has 0 unspecified atom stereocenters. The second-order valence-corrected chi connectivity index (χ2v) is 8.46. The summed E-state index contributed by atoms with van der Waals surface area (Å²) in [6.45, 7) is 3.75. The van der Waals surface area contributed by atoms with Crippen molar-refractivity contribution < 1.29 is 31.6 Å². The number of ether oxygens (including phenoxy) is 1. The summed E-state index contributed by atoms with van der Waals surface area (Å²) in [6.07, 6.45) is 0.743. The molecule has 0 aromatic carbocycles. The molecule has 22 heavy (non-hydrogen) atoms. The number of carbonyl (C=O) groups excluding carboxylic acids is 1. The monoisotopic (exact) mass is 358 g/mol. The third kappa shape index (κ3) is 4.74. The van der Waals surface area contributed by atoms with Crippen LogP contribution in [0, 0.1) is 0 Å². The quantitative estimate of drug-likeness (QED) is 0.560. The largest absolute Gasteiger partial charge is 0.383 e. The van der Waals surface area contributed by atoms with E-state index in [0.29, 0.717) is 13.1 Å². The Morgan fingerprint density at radius 2 is 1.82 bits per heavy atom. The number of amides is 1. The van der Waals surface area contributed by atoms with Gasteiger partial charge in [-0.1, -0.05) is 0 Å². The number of nitrogens with one attached hydrogen (secondary N) is 1. The van der Waals surface area contributed by atoms with Gasteiger partial charge in [-0.3, -0.25) is 9.36 Å². The van der Waals surface area contributed by atoms with Crippen molar-refractivity contribution in [2.24, 2.45) is 0 Å². The van der Waals surface area contributed by atoms with Crippen LogP contribution in [-0.2, 0) is 33.4 Å². The molecule has 1 aliphatic rings. The van der Waals surface area contributed by atoms with Gasteiger partial charge in [0.25, 0.3) is 5.91 Å². The van der Waals surface area contributed by atoms with Crippen molar-refractivity contribution in [1.82, 2.24) is 9.03 Å². The fourth-order valence-corrected chi connectivity index (χ4v) is 5.02. The SMILES string of the molecule is CCOP(=O)(OCC)[C@H](COC)C(=O)NS(=O)(=O)N1CCC1. The van der Waals surface area contributed by atoms with Crippen molar-refractivity contribution in [2.45, 2.75) is 25.9 Å². The highest BCUT2D eigenvalue weighted by molar-refractivity contribution is 7.87. The second kappa shape index (κ2) is 8.37. The number of carbonyl (C=O) groups is 1. The molecule has 9 nitrogen and oxygen atoms in total. The first-order valence-electron chi connectivity index (χ1n) is 7.00. The first-order valence-corrected chi connectivity index (χ1v) is 10.0. The molecule has 11 heteroatoms. The van der Waals surface area contributed by atoms with Crippen molar-refractivity contribution in [3.05, 3.63) is 0 Å². The zero-order valence-corrected chi connectivity index (χ0v) is 14.7. The van der Waals surface area contributed by atoms with Crippen LogP contribution in [0.5, 0.6) is 0 Å². The van der Waals surface area contributed by atoms with E-state index in [0.717, 1.165) is 10.7 Å². The summed E-state index contributed by atoms with van der Waals surface area (Å²) in [7, 11) is -6.45. The summed E-state index contributed by atoms with van der Waals surface area (Å²) < 4.78 is 54.7. The maximum atomic E-state index is 12.7. The fourth-order valence-electron chi connectivity index (χ4n) is 1.83. The van der Waals surface area contributed by atoms with E-state index >= 15 is 0 Å². The van der Waals surface area contributed by atoms with E-state index in [2.05, 4.69) is 0 Å². The van der Waals surface area contributed by atoms with Gasteiger partial charge >= 0.3 is 17.8 Å². The van der Waals surface area contributed by atoms with Crippen LogP contribution in [-0.4, -0.2) is 64.3 Å². The molecule has 1 atom stereocenters. The van der Waals surface area contributed by atoms with Crippen molar-refractivity contribution >= 4 is 23.7 Å². The van der Waals surface area contributed by atoms with Crippen LogP contribution in [0.1, 0.15) is 20.3 Å².